The molecule has 0 aromatic heterocycles. The molecule has 0 aromatic carbocycles. The maximum absolute atomic E-state index is 12.0. The van der Waals surface area contributed by atoms with Gasteiger partial charge in [0.05, 0.1) is 0 Å². The second-order valence-electron chi connectivity index (χ2n) is 5.54. The van der Waals surface area contributed by atoms with Gasteiger partial charge in [-0.15, -0.1) is 0 Å². The molecule has 0 bridgehead atoms. The molecule has 0 saturated heterocycles. The lowest BCUT2D eigenvalue weighted by Crippen LogP contribution is -2.42. The molecule has 0 heterocycles. The normalized spacial score (nSPS) is 16.2. The third-order valence-corrected chi connectivity index (χ3v) is 5.15. The van der Waals surface area contributed by atoms with Gasteiger partial charge in [-0.05, 0) is 45.8 Å². The third kappa shape index (κ3) is 6.99. The Morgan fingerprint density at radius 3 is 2.40 bits per heavy atom. The van der Waals surface area contributed by atoms with Crippen LogP contribution in [0, 0.1) is 0 Å². The predicted octanol–water partition coefficient (Wildman–Crippen LogP) is 0.237. The summed E-state index contributed by atoms with van der Waals surface area (Å²) in [4.78, 5) is 2.22. The van der Waals surface area contributed by atoms with Gasteiger partial charge in [-0.2, -0.15) is 12.7 Å². The lowest BCUT2D eigenvalue weighted by molar-refractivity contribution is 0.327. The fraction of sp³-hybridized carbons (Fsp3) is 1.00. The van der Waals surface area contributed by atoms with Gasteiger partial charge in [0.15, 0.2) is 0 Å². The highest BCUT2D eigenvalue weighted by molar-refractivity contribution is 7.87. The fourth-order valence-electron chi connectivity index (χ4n) is 2.01. The summed E-state index contributed by atoms with van der Waals surface area (Å²) in [5, 5.41) is 3.27. The van der Waals surface area contributed by atoms with Crippen molar-refractivity contribution in [1.29, 1.82) is 0 Å². The molecule has 0 atom stereocenters. The third-order valence-electron chi connectivity index (χ3n) is 3.58. The highest BCUT2D eigenvalue weighted by atomic mass is 32.2. The van der Waals surface area contributed by atoms with E-state index in [1.807, 2.05) is 0 Å². The van der Waals surface area contributed by atoms with Crippen LogP contribution in [0.25, 0.3) is 0 Å². The Hall–Kier alpha value is -0.210. The van der Waals surface area contributed by atoms with Crippen LogP contribution in [0.2, 0.25) is 0 Å². The molecule has 0 radical (unpaired) electrons. The van der Waals surface area contributed by atoms with E-state index in [4.69, 9.17) is 0 Å². The van der Waals surface area contributed by atoms with Crippen molar-refractivity contribution in [3.8, 4) is 0 Å². The van der Waals surface area contributed by atoms with Gasteiger partial charge in [-0.3, -0.25) is 0 Å². The van der Waals surface area contributed by atoms with Gasteiger partial charge in [-0.1, -0.05) is 6.92 Å². The maximum atomic E-state index is 12.0. The van der Waals surface area contributed by atoms with Gasteiger partial charge in [-0.25, -0.2) is 4.72 Å². The van der Waals surface area contributed by atoms with Crippen molar-refractivity contribution in [3.63, 3.8) is 0 Å². The number of hydrogen-bond acceptors (Lipinski definition) is 4. The van der Waals surface area contributed by atoms with Gasteiger partial charge in [0.25, 0.3) is 10.2 Å². The molecule has 0 aliphatic heterocycles. The second-order valence-corrected chi connectivity index (χ2v) is 7.40. The van der Waals surface area contributed by atoms with Crippen molar-refractivity contribution < 1.29 is 8.42 Å². The van der Waals surface area contributed by atoms with Gasteiger partial charge in [0.2, 0.25) is 0 Å². The number of likely N-dealkylation sites (N-methyl/N-ethyl adjacent to an activating group) is 1. The van der Waals surface area contributed by atoms with E-state index in [0.29, 0.717) is 19.1 Å². The predicted molar refractivity (Wildman–Crippen MR) is 83.0 cm³/mol. The Morgan fingerprint density at radius 1 is 1.10 bits per heavy atom. The zero-order valence-electron chi connectivity index (χ0n) is 13.1. The van der Waals surface area contributed by atoms with Crippen molar-refractivity contribution in [2.75, 3.05) is 46.8 Å². The summed E-state index contributed by atoms with van der Waals surface area (Å²) in [7, 11) is 0.357. The quantitative estimate of drug-likeness (QED) is 0.507. The molecule has 2 N–H and O–H groups in total. The largest absolute Gasteiger partial charge is 0.317 e. The van der Waals surface area contributed by atoms with E-state index in [9.17, 15) is 8.42 Å². The summed E-state index contributed by atoms with van der Waals surface area (Å²) in [5.74, 6) is 0. The summed E-state index contributed by atoms with van der Waals surface area (Å²) in [5.41, 5.74) is 0. The Kier molecular flexibility index (Phi) is 7.98. The minimum absolute atomic E-state index is 0.480. The molecule has 7 heteroatoms. The topological polar surface area (TPSA) is 64.7 Å². The summed E-state index contributed by atoms with van der Waals surface area (Å²) in [6.07, 6.45) is 4.42. The standard InChI is InChI=1S/C13H30N4O2S/c1-4-8-14-9-5-11-17(3)20(18,19)15-10-12-16(2)13-6-7-13/h13-15H,4-12H2,1-3H3. The highest BCUT2D eigenvalue weighted by Crippen LogP contribution is 2.24. The minimum Gasteiger partial charge on any atom is -0.317 e. The first-order chi connectivity index (χ1) is 9.47. The van der Waals surface area contributed by atoms with Crippen LogP contribution in [0.4, 0.5) is 0 Å². The van der Waals surface area contributed by atoms with Crippen molar-refractivity contribution >= 4 is 10.2 Å². The van der Waals surface area contributed by atoms with Gasteiger partial charge in [0.1, 0.15) is 0 Å². The molecule has 20 heavy (non-hydrogen) atoms. The molecule has 6 nitrogen and oxygen atoms in total. The van der Waals surface area contributed by atoms with E-state index >= 15 is 0 Å². The molecular weight excluding hydrogens is 276 g/mol. The van der Waals surface area contributed by atoms with Crippen LogP contribution in [0.15, 0.2) is 0 Å². The Balaban J connectivity index is 2.13. The maximum Gasteiger partial charge on any atom is 0.279 e. The molecule has 0 amide bonds. The monoisotopic (exact) mass is 306 g/mol. The second kappa shape index (κ2) is 8.94. The van der Waals surface area contributed by atoms with Gasteiger partial charge >= 0.3 is 0 Å². The van der Waals surface area contributed by atoms with Crippen molar-refractivity contribution in [1.82, 2.24) is 19.2 Å². The molecule has 1 rings (SSSR count). The van der Waals surface area contributed by atoms with Crippen LogP contribution >= 0.6 is 0 Å². The number of nitrogens with one attached hydrogen (secondary N) is 2. The average Bonchev–Trinajstić information content (AvgIpc) is 3.22. The summed E-state index contributed by atoms with van der Waals surface area (Å²) < 4.78 is 28.0. The van der Waals surface area contributed by atoms with Crippen LogP contribution in [-0.4, -0.2) is 70.5 Å². The zero-order valence-corrected chi connectivity index (χ0v) is 13.9. The molecule has 1 fully saturated rings. The van der Waals surface area contributed by atoms with Crippen LogP contribution in [0.1, 0.15) is 32.6 Å². The Morgan fingerprint density at radius 2 is 1.80 bits per heavy atom. The zero-order chi connectivity index (χ0) is 15.0. The average molecular weight is 306 g/mol. The first kappa shape index (κ1) is 17.8. The van der Waals surface area contributed by atoms with Crippen molar-refractivity contribution in [2.45, 2.75) is 38.6 Å². The molecule has 0 unspecified atom stereocenters. The SMILES string of the molecule is CCCNCCCN(C)S(=O)(=O)NCCN(C)C1CC1. The molecule has 0 aromatic rings. The van der Waals surface area contributed by atoms with E-state index in [2.05, 4.69) is 28.9 Å². The van der Waals surface area contributed by atoms with Crippen LogP contribution in [-0.2, 0) is 10.2 Å². The smallest absolute Gasteiger partial charge is 0.279 e. The molecular formula is C13H30N4O2S. The Bertz CT molecular complexity index is 357. The number of rotatable bonds is 12. The molecule has 120 valence electrons. The molecule has 0 spiro atoms. The first-order valence-electron chi connectivity index (χ1n) is 7.59. The van der Waals surface area contributed by atoms with Crippen molar-refractivity contribution in [2.24, 2.45) is 0 Å². The van der Waals surface area contributed by atoms with E-state index in [-0.39, 0.29) is 0 Å². The number of hydrogen-bond donors (Lipinski definition) is 2. The number of nitrogens with zero attached hydrogens (tertiary/aromatic N) is 2. The van der Waals surface area contributed by atoms with E-state index < -0.39 is 10.2 Å². The molecule has 1 aliphatic rings. The summed E-state index contributed by atoms with van der Waals surface area (Å²) >= 11 is 0. The lowest BCUT2D eigenvalue weighted by atomic mass is 10.4. The van der Waals surface area contributed by atoms with E-state index in [1.54, 1.807) is 7.05 Å². The fourth-order valence-corrected chi connectivity index (χ4v) is 2.95. The van der Waals surface area contributed by atoms with Gasteiger partial charge in [0, 0.05) is 32.7 Å². The van der Waals surface area contributed by atoms with E-state index in [0.717, 1.165) is 32.5 Å². The first-order valence-corrected chi connectivity index (χ1v) is 9.03. The molecule has 1 aliphatic carbocycles. The van der Waals surface area contributed by atoms with Crippen LogP contribution in [0.3, 0.4) is 0 Å². The van der Waals surface area contributed by atoms with Crippen molar-refractivity contribution in [3.05, 3.63) is 0 Å². The highest BCUT2D eigenvalue weighted by Gasteiger charge is 2.26. The van der Waals surface area contributed by atoms with Crippen LogP contribution in [0.5, 0.6) is 0 Å². The van der Waals surface area contributed by atoms with Crippen LogP contribution < -0.4 is 10.0 Å². The van der Waals surface area contributed by atoms with Gasteiger partial charge < -0.3 is 10.2 Å². The van der Waals surface area contributed by atoms with E-state index in [1.165, 1.54) is 17.1 Å². The minimum atomic E-state index is -3.33. The Labute approximate surface area is 124 Å². The summed E-state index contributed by atoms with van der Waals surface area (Å²) in [6, 6.07) is 0.668. The summed E-state index contributed by atoms with van der Waals surface area (Å²) in [6.45, 7) is 5.76. The molecule has 1 saturated carbocycles. The lowest BCUT2D eigenvalue weighted by Gasteiger charge is -2.20.